The molecule has 1 aromatic carbocycles. The van der Waals surface area contributed by atoms with Crippen molar-refractivity contribution >= 4 is 11.6 Å². The van der Waals surface area contributed by atoms with Crippen molar-refractivity contribution in [2.45, 2.75) is 37.1 Å². The lowest BCUT2D eigenvalue weighted by atomic mass is 9.73. The third kappa shape index (κ3) is 1.15. The molecule has 2 atom stereocenters. The molecule has 3 heteroatoms. The van der Waals surface area contributed by atoms with Crippen molar-refractivity contribution < 1.29 is 4.79 Å². The van der Waals surface area contributed by atoms with Crippen molar-refractivity contribution in [2.24, 2.45) is 0 Å². The number of carbonyl (C=O) groups excluding carboxylic acids is 1. The summed E-state index contributed by atoms with van der Waals surface area (Å²) in [5.41, 5.74) is 2.02. The quantitative estimate of drug-likeness (QED) is 0.756. The predicted molar refractivity (Wildman–Crippen MR) is 70.6 cm³/mol. The first-order valence-corrected chi connectivity index (χ1v) is 6.97. The van der Waals surface area contributed by atoms with Gasteiger partial charge in [0.1, 0.15) is 0 Å². The Hall–Kier alpha value is -1.35. The average Bonchev–Trinajstić information content (AvgIpc) is 2.92. The molecule has 94 valence electrons. The number of anilines is 1. The first kappa shape index (κ1) is 10.6. The monoisotopic (exact) mass is 242 g/mol. The Morgan fingerprint density at radius 3 is 3.06 bits per heavy atom. The van der Waals surface area contributed by atoms with Gasteiger partial charge < -0.3 is 5.32 Å². The molecule has 1 N–H and O–H groups in total. The number of carbonyl (C=O) groups is 1. The molecule has 0 saturated carbocycles. The van der Waals surface area contributed by atoms with Crippen LogP contribution in [0.15, 0.2) is 24.3 Å². The van der Waals surface area contributed by atoms with E-state index in [-0.39, 0.29) is 11.3 Å². The fourth-order valence-corrected chi connectivity index (χ4v) is 4.22. The van der Waals surface area contributed by atoms with Gasteiger partial charge in [0.15, 0.2) is 0 Å². The summed E-state index contributed by atoms with van der Waals surface area (Å²) in [4.78, 5) is 15.1. The molecule has 0 aromatic heterocycles. The van der Waals surface area contributed by atoms with E-state index >= 15 is 0 Å². The second kappa shape index (κ2) is 3.58. The number of piperidine rings is 1. The number of nitrogens with zero attached hydrogens (tertiary/aromatic N) is 1. The van der Waals surface area contributed by atoms with Gasteiger partial charge in [-0.15, -0.1) is 0 Å². The Morgan fingerprint density at radius 2 is 2.11 bits per heavy atom. The number of para-hydroxylation sites is 1. The molecule has 0 unspecified atom stereocenters. The second-order valence-corrected chi connectivity index (χ2v) is 5.77. The molecule has 18 heavy (non-hydrogen) atoms. The van der Waals surface area contributed by atoms with Crippen LogP contribution in [0.4, 0.5) is 5.69 Å². The van der Waals surface area contributed by atoms with Gasteiger partial charge in [-0.3, -0.25) is 9.69 Å². The summed E-state index contributed by atoms with van der Waals surface area (Å²) in [6, 6.07) is 8.67. The number of amides is 1. The molecule has 0 bridgehead atoms. The van der Waals surface area contributed by atoms with Gasteiger partial charge in [0.25, 0.3) is 0 Å². The van der Waals surface area contributed by atoms with E-state index in [0.29, 0.717) is 6.04 Å². The minimum absolute atomic E-state index is 0.234. The lowest BCUT2D eigenvalue weighted by Gasteiger charge is -2.37. The number of hydrogen-bond acceptors (Lipinski definition) is 2. The van der Waals surface area contributed by atoms with E-state index in [1.807, 2.05) is 12.1 Å². The Kier molecular flexibility index (Phi) is 2.10. The number of benzene rings is 1. The first-order chi connectivity index (χ1) is 8.82. The first-order valence-electron chi connectivity index (χ1n) is 6.97. The van der Waals surface area contributed by atoms with Crippen molar-refractivity contribution in [3.63, 3.8) is 0 Å². The molecular formula is C15H18N2O. The van der Waals surface area contributed by atoms with E-state index in [4.69, 9.17) is 0 Å². The summed E-state index contributed by atoms with van der Waals surface area (Å²) in [6.45, 7) is 2.24. The highest BCUT2D eigenvalue weighted by molar-refractivity contribution is 6.07. The summed E-state index contributed by atoms with van der Waals surface area (Å²) in [7, 11) is 0. The Morgan fingerprint density at radius 1 is 1.22 bits per heavy atom. The van der Waals surface area contributed by atoms with E-state index in [1.165, 1.54) is 31.4 Å². The maximum Gasteiger partial charge on any atom is 0.236 e. The van der Waals surface area contributed by atoms with Crippen molar-refractivity contribution in [1.29, 1.82) is 0 Å². The van der Waals surface area contributed by atoms with Crippen LogP contribution in [0, 0.1) is 0 Å². The normalized spacial score (nSPS) is 34.4. The zero-order valence-electron chi connectivity index (χ0n) is 10.5. The Balaban J connectivity index is 1.85. The van der Waals surface area contributed by atoms with E-state index in [1.54, 1.807) is 0 Å². The van der Waals surface area contributed by atoms with Crippen LogP contribution in [-0.2, 0) is 10.2 Å². The van der Waals surface area contributed by atoms with Crippen LogP contribution in [0.3, 0.4) is 0 Å². The SMILES string of the molecule is O=C1Nc2ccccc2[C@]12CCN1CCCC[C@H]12. The predicted octanol–water partition coefficient (Wildman–Crippen LogP) is 2.13. The fraction of sp³-hybridized carbons (Fsp3) is 0.533. The van der Waals surface area contributed by atoms with Gasteiger partial charge in [-0.2, -0.15) is 0 Å². The second-order valence-electron chi connectivity index (χ2n) is 5.77. The molecule has 3 aliphatic rings. The van der Waals surface area contributed by atoms with Gasteiger partial charge in [-0.25, -0.2) is 0 Å². The third-order valence-corrected chi connectivity index (χ3v) is 5.04. The maximum atomic E-state index is 12.6. The van der Waals surface area contributed by atoms with Gasteiger partial charge in [0, 0.05) is 11.7 Å². The Bertz CT molecular complexity index is 513. The summed E-state index contributed by atoms with van der Waals surface area (Å²) in [5.74, 6) is 0.234. The molecule has 3 nitrogen and oxygen atoms in total. The minimum Gasteiger partial charge on any atom is -0.325 e. The zero-order chi connectivity index (χ0) is 12.2. The van der Waals surface area contributed by atoms with E-state index in [0.717, 1.165) is 18.7 Å². The fourth-order valence-electron chi connectivity index (χ4n) is 4.22. The van der Waals surface area contributed by atoms with Crippen LogP contribution in [0.5, 0.6) is 0 Å². The van der Waals surface area contributed by atoms with Crippen LogP contribution in [0.2, 0.25) is 0 Å². The maximum absolute atomic E-state index is 12.6. The summed E-state index contributed by atoms with van der Waals surface area (Å²) >= 11 is 0. The van der Waals surface area contributed by atoms with Crippen LogP contribution >= 0.6 is 0 Å². The van der Waals surface area contributed by atoms with Gasteiger partial charge in [0.05, 0.1) is 5.41 Å². The summed E-state index contributed by atoms with van der Waals surface area (Å²) in [6.07, 6.45) is 4.70. The number of hydrogen-bond donors (Lipinski definition) is 1. The van der Waals surface area contributed by atoms with E-state index in [2.05, 4.69) is 22.3 Å². The standard InChI is InChI=1S/C15H18N2O/c18-14-15(11-5-1-2-6-12(11)16-14)8-10-17-9-4-3-7-13(15)17/h1-2,5-6,13H,3-4,7-10H2,(H,16,18)/t13-,15-/m0/s1. The molecule has 4 rings (SSSR count). The van der Waals surface area contributed by atoms with Crippen molar-refractivity contribution in [2.75, 3.05) is 18.4 Å². The van der Waals surface area contributed by atoms with E-state index < -0.39 is 0 Å². The molecule has 1 aromatic rings. The topological polar surface area (TPSA) is 32.3 Å². The van der Waals surface area contributed by atoms with Crippen molar-refractivity contribution in [3.05, 3.63) is 29.8 Å². The molecule has 0 radical (unpaired) electrons. The highest BCUT2D eigenvalue weighted by Crippen LogP contribution is 2.50. The largest absolute Gasteiger partial charge is 0.325 e. The van der Waals surface area contributed by atoms with Crippen LogP contribution in [-0.4, -0.2) is 29.9 Å². The smallest absolute Gasteiger partial charge is 0.236 e. The highest BCUT2D eigenvalue weighted by atomic mass is 16.2. The molecule has 0 aliphatic carbocycles. The van der Waals surface area contributed by atoms with Crippen molar-refractivity contribution in [1.82, 2.24) is 4.90 Å². The molecule has 1 amide bonds. The van der Waals surface area contributed by atoms with Crippen LogP contribution in [0.25, 0.3) is 0 Å². The van der Waals surface area contributed by atoms with Gasteiger partial charge in [0.2, 0.25) is 5.91 Å². The van der Waals surface area contributed by atoms with Crippen molar-refractivity contribution in [3.8, 4) is 0 Å². The summed E-state index contributed by atoms with van der Waals surface area (Å²) in [5, 5.41) is 3.10. The molecule has 2 fully saturated rings. The average molecular weight is 242 g/mol. The molecule has 3 aliphatic heterocycles. The summed E-state index contributed by atoms with van der Waals surface area (Å²) < 4.78 is 0. The molecule has 2 saturated heterocycles. The molecule has 1 spiro atoms. The number of fused-ring (bicyclic) bond motifs is 4. The highest BCUT2D eigenvalue weighted by Gasteiger charge is 2.57. The lowest BCUT2D eigenvalue weighted by Crippen LogP contribution is -2.48. The lowest BCUT2D eigenvalue weighted by molar-refractivity contribution is -0.122. The van der Waals surface area contributed by atoms with Gasteiger partial charge in [-0.1, -0.05) is 24.6 Å². The molecule has 3 heterocycles. The van der Waals surface area contributed by atoms with Crippen LogP contribution < -0.4 is 5.32 Å². The van der Waals surface area contributed by atoms with E-state index in [9.17, 15) is 4.79 Å². The number of rotatable bonds is 0. The Labute approximate surface area is 107 Å². The number of nitrogens with one attached hydrogen (secondary N) is 1. The van der Waals surface area contributed by atoms with Gasteiger partial charge >= 0.3 is 0 Å². The molecular weight excluding hydrogens is 224 g/mol. The van der Waals surface area contributed by atoms with Crippen LogP contribution in [0.1, 0.15) is 31.2 Å². The third-order valence-electron chi connectivity index (χ3n) is 5.04. The van der Waals surface area contributed by atoms with Gasteiger partial charge in [-0.05, 0) is 44.0 Å². The zero-order valence-corrected chi connectivity index (χ0v) is 10.5. The minimum atomic E-state index is -0.253.